The smallest absolute Gasteiger partial charge is 0.416 e. The van der Waals surface area contributed by atoms with E-state index in [9.17, 15) is 32.7 Å². The molecule has 2 aromatic carbocycles. The summed E-state index contributed by atoms with van der Waals surface area (Å²) in [5, 5.41) is 12.4. The van der Waals surface area contributed by atoms with Crippen LogP contribution in [0.2, 0.25) is 0 Å². The Morgan fingerprint density at radius 2 is 1.62 bits per heavy atom. The van der Waals surface area contributed by atoms with E-state index in [0.717, 1.165) is 30.2 Å². The van der Waals surface area contributed by atoms with Gasteiger partial charge in [0.15, 0.2) is 0 Å². The number of nitrogens with zero attached hydrogens (tertiary/aromatic N) is 4. The number of aromatic nitrogens is 1. The van der Waals surface area contributed by atoms with Crippen LogP contribution in [0.4, 0.5) is 13.2 Å². The van der Waals surface area contributed by atoms with Crippen LogP contribution in [0.15, 0.2) is 53.9 Å². The van der Waals surface area contributed by atoms with Crippen molar-refractivity contribution >= 4 is 40.9 Å². The van der Waals surface area contributed by atoms with Crippen LogP contribution in [0.1, 0.15) is 63.0 Å². The summed E-state index contributed by atoms with van der Waals surface area (Å²) in [4.78, 5) is 49.2. The van der Waals surface area contributed by atoms with E-state index in [1.807, 2.05) is 7.05 Å². The number of hydrogen-bond acceptors (Lipinski definition) is 7. The molecule has 3 saturated heterocycles. The number of amides is 2. The highest BCUT2D eigenvalue weighted by molar-refractivity contribution is 8.01. The number of benzene rings is 2. The molecule has 238 valence electrons. The Balaban J connectivity index is 1.13. The van der Waals surface area contributed by atoms with Crippen molar-refractivity contribution in [1.29, 1.82) is 0 Å². The van der Waals surface area contributed by atoms with E-state index in [4.69, 9.17) is 4.98 Å². The lowest BCUT2D eigenvalue weighted by atomic mass is 9.94. The lowest BCUT2D eigenvalue weighted by Crippen LogP contribution is -2.56. The summed E-state index contributed by atoms with van der Waals surface area (Å²) < 4.78 is 39.2. The average molecular weight is 659 g/mol. The van der Waals surface area contributed by atoms with Gasteiger partial charge in [-0.15, -0.1) is 23.1 Å². The van der Waals surface area contributed by atoms with Crippen LogP contribution in [0.25, 0.3) is 11.1 Å². The molecule has 3 aromatic rings. The Morgan fingerprint density at radius 3 is 2.27 bits per heavy atom. The van der Waals surface area contributed by atoms with E-state index >= 15 is 0 Å². The summed E-state index contributed by atoms with van der Waals surface area (Å²) in [6.45, 7) is 2.51. The normalized spacial score (nSPS) is 20.9. The topological polar surface area (TPSA) is 94.0 Å². The molecule has 1 atom stereocenters. The molecule has 3 aliphatic heterocycles. The van der Waals surface area contributed by atoms with Crippen molar-refractivity contribution in [2.24, 2.45) is 0 Å². The van der Waals surface area contributed by atoms with E-state index in [0.29, 0.717) is 61.2 Å². The molecule has 6 rings (SSSR count). The van der Waals surface area contributed by atoms with Crippen LogP contribution in [-0.2, 0) is 11.0 Å². The molecule has 0 aliphatic carbocycles. The average Bonchev–Trinajstić information content (AvgIpc) is 3.68. The van der Waals surface area contributed by atoms with Crippen molar-refractivity contribution in [3.8, 4) is 11.1 Å². The van der Waals surface area contributed by atoms with Gasteiger partial charge in [-0.3, -0.25) is 9.59 Å². The maximum atomic E-state index is 13.8. The second-order valence-electron chi connectivity index (χ2n) is 11.8. The van der Waals surface area contributed by atoms with Gasteiger partial charge in [-0.1, -0.05) is 30.3 Å². The number of alkyl halides is 3. The highest BCUT2D eigenvalue weighted by atomic mass is 32.2. The van der Waals surface area contributed by atoms with E-state index < -0.39 is 28.6 Å². The number of halogens is 3. The van der Waals surface area contributed by atoms with Crippen LogP contribution in [-0.4, -0.2) is 92.5 Å². The second-order valence-corrected chi connectivity index (χ2v) is 14.1. The minimum atomic E-state index is -4.44. The molecule has 1 N–H and O–H groups in total. The lowest BCUT2D eigenvalue weighted by molar-refractivity contribution is -0.142. The Kier molecular flexibility index (Phi) is 8.70. The Bertz CT molecular complexity index is 1580. The first-order chi connectivity index (χ1) is 21.5. The molecular weight excluding hydrogens is 626 g/mol. The number of carbonyl (C=O) groups is 3. The minimum absolute atomic E-state index is 0.0475. The number of rotatable bonds is 5. The third-order valence-electron chi connectivity index (χ3n) is 9.09. The molecule has 0 bridgehead atoms. The minimum Gasteiger partial charge on any atom is -0.480 e. The Hall–Kier alpha value is -3.42. The van der Waals surface area contributed by atoms with Gasteiger partial charge >= 0.3 is 12.1 Å². The maximum Gasteiger partial charge on any atom is 0.416 e. The SMILES string of the molecule is CN1CCC2(CC1)SC[C@@H](C(=O)O)N2C(=O)c1csc(C2CCN(C(=O)c3ccccc3-c3ccc(C(F)(F)F)cc3)CC2)n1. The molecule has 4 heterocycles. The van der Waals surface area contributed by atoms with E-state index in [1.54, 1.807) is 51.2 Å². The number of thiazole rings is 1. The Labute approximate surface area is 267 Å². The van der Waals surface area contributed by atoms with Crippen LogP contribution < -0.4 is 0 Å². The molecule has 3 fully saturated rings. The first kappa shape index (κ1) is 31.6. The van der Waals surface area contributed by atoms with Crippen LogP contribution in [0.3, 0.4) is 0 Å². The van der Waals surface area contributed by atoms with Crippen molar-refractivity contribution < 1.29 is 32.7 Å². The van der Waals surface area contributed by atoms with Gasteiger partial charge in [0.1, 0.15) is 11.7 Å². The first-order valence-corrected chi connectivity index (χ1v) is 16.7. The zero-order valence-corrected chi connectivity index (χ0v) is 26.3. The van der Waals surface area contributed by atoms with Gasteiger partial charge in [0.2, 0.25) is 0 Å². The summed E-state index contributed by atoms with van der Waals surface area (Å²) in [5.74, 6) is -1.12. The van der Waals surface area contributed by atoms with Crippen molar-refractivity contribution in [3.63, 3.8) is 0 Å². The van der Waals surface area contributed by atoms with E-state index in [2.05, 4.69) is 4.90 Å². The predicted octanol–water partition coefficient (Wildman–Crippen LogP) is 5.91. The molecule has 0 saturated carbocycles. The zero-order chi connectivity index (χ0) is 31.9. The number of carboxylic acid groups (broad SMARTS) is 1. The predicted molar refractivity (Wildman–Crippen MR) is 166 cm³/mol. The highest BCUT2D eigenvalue weighted by Gasteiger charge is 2.53. The monoisotopic (exact) mass is 658 g/mol. The third kappa shape index (κ3) is 6.22. The summed E-state index contributed by atoms with van der Waals surface area (Å²) in [6.07, 6.45) is -1.75. The fourth-order valence-electron chi connectivity index (χ4n) is 6.48. The molecule has 0 radical (unpaired) electrons. The number of likely N-dealkylation sites (tertiary alicyclic amines) is 2. The number of hydrogen-bond donors (Lipinski definition) is 1. The molecule has 13 heteroatoms. The quantitative estimate of drug-likeness (QED) is 0.364. The number of thioether (sulfide) groups is 1. The fourth-order valence-corrected chi connectivity index (χ4v) is 9.03. The number of carboxylic acids is 1. The molecule has 45 heavy (non-hydrogen) atoms. The molecule has 0 unspecified atom stereocenters. The van der Waals surface area contributed by atoms with Gasteiger partial charge in [-0.25, -0.2) is 9.78 Å². The fraction of sp³-hybridized carbons (Fsp3) is 0.438. The number of aliphatic carboxylic acids is 1. The van der Waals surface area contributed by atoms with Crippen molar-refractivity contribution in [3.05, 3.63) is 75.7 Å². The standard InChI is InChI=1S/C32H33F3N4O4S2/c1-37-16-12-31(13-17-37)39(26(19-45-31)30(42)43)29(41)25-18-44-27(36-25)21-10-14-38(15-11-21)28(40)24-5-3-2-4-23(24)20-6-8-22(9-7-20)32(33,34)35/h2-9,18,21,26H,10-17,19H2,1H3,(H,42,43)/t26-/m0/s1. The lowest BCUT2D eigenvalue weighted by Gasteiger charge is -2.43. The first-order valence-electron chi connectivity index (χ1n) is 14.9. The molecule has 8 nitrogen and oxygen atoms in total. The van der Waals surface area contributed by atoms with Gasteiger partial charge in [0.25, 0.3) is 11.8 Å². The highest BCUT2D eigenvalue weighted by Crippen LogP contribution is 2.47. The molecule has 1 aromatic heterocycles. The largest absolute Gasteiger partial charge is 0.480 e. The summed E-state index contributed by atoms with van der Waals surface area (Å²) in [7, 11) is 2.02. The Morgan fingerprint density at radius 1 is 0.956 bits per heavy atom. The van der Waals surface area contributed by atoms with Crippen molar-refractivity contribution in [2.75, 3.05) is 39.0 Å². The second kappa shape index (κ2) is 12.4. The van der Waals surface area contributed by atoms with E-state index in [-0.39, 0.29) is 23.4 Å². The van der Waals surface area contributed by atoms with Crippen molar-refractivity contribution in [1.82, 2.24) is 19.7 Å². The number of piperidine rings is 2. The van der Waals surface area contributed by atoms with Crippen LogP contribution >= 0.6 is 23.1 Å². The van der Waals surface area contributed by atoms with Crippen molar-refractivity contribution in [2.45, 2.75) is 48.7 Å². The van der Waals surface area contributed by atoms with Crippen LogP contribution in [0, 0.1) is 0 Å². The van der Waals surface area contributed by atoms with E-state index in [1.165, 1.54) is 23.5 Å². The molecule has 2 amide bonds. The molecular formula is C32H33F3N4O4S2. The summed E-state index contributed by atoms with van der Waals surface area (Å²) in [5.41, 5.74) is 1.06. The van der Waals surface area contributed by atoms with Gasteiger partial charge in [0.05, 0.1) is 15.4 Å². The molecule has 1 spiro atoms. The summed E-state index contributed by atoms with van der Waals surface area (Å²) in [6, 6.07) is 10.8. The van der Waals surface area contributed by atoms with Gasteiger partial charge in [0, 0.05) is 48.8 Å². The third-order valence-corrected chi connectivity index (χ3v) is 11.7. The van der Waals surface area contributed by atoms with Crippen LogP contribution in [0.5, 0.6) is 0 Å². The number of carbonyl (C=O) groups excluding carboxylic acids is 2. The van der Waals surface area contributed by atoms with Gasteiger partial charge < -0.3 is 19.8 Å². The zero-order valence-electron chi connectivity index (χ0n) is 24.6. The van der Waals surface area contributed by atoms with Gasteiger partial charge in [-0.05, 0) is 62.1 Å². The maximum absolute atomic E-state index is 13.8. The molecule has 3 aliphatic rings. The van der Waals surface area contributed by atoms with Gasteiger partial charge in [-0.2, -0.15) is 13.2 Å². The summed E-state index contributed by atoms with van der Waals surface area (Å²) >= 11 is 2.96.